The van der Waals surface area contributed by atoms with Crippen LogP contribution in [0.15, 0.2) is 43.0 Å². The number of aromatic amines is 1. The quantitative estimate of drug-likeness (QED) is 0.728. The number of rotatable bonds is 5. The van der Waals surface area contributed by atoms with Crippen LogP contribution in [0, 0.1) is 0 Å². The lowest BCUT2D eigenvalue weighted by atomic mass is 10.2. The van der Waals surface area contributed by atoms with E-state index in [0.717, 1.165) is 12.2 Å². The Hall–Kier alpha value is -2.54. The van der Waals surface area contributed by atoms with Gasteiger partial charge in [0.25, 0.3) is 0 Å². The maximum Gasteiger partial charge on any atom is 0.191 e. The van der Waals surface area contributed by atoms with Crippen LogP contribution in [0.4, 0.5) is 0 Å². The Morgan fingerprint density at radius 3 is 2.80 bits per heavy atom. The summed E-state index contributed by atoms with van der Waals surface area (Å²) in [5.41, 5.74) is 2.29. The molecule has 0 aliphatic carbocycles. The van der Waals surface area contributed by atoms with Crippen molar-refractivity contribution < 1.29 is 0 Å². The molecule has 2 heterocycles. The Kier molecular flexibility index (Phi) is 3.51. The molecule has 0 radical (unpaired) electrons. The molecule has 7 nitrogen and oxygen atoms in total. The van der Waals surface area contributed by atoms with E-state index in [1.54, 1.807) is 12.5 Å². The van der Waals surface area contributed by atoms with E-state index in [9.17, 15) is 0 Å². The van der Waals surface area contributed by atoms with Crippen LogP contribution in [-0.4, -0.2) is 30.2 Å². The highest BCUT2D eigenvalue weighted by atomic mass is 15.5. The average molecular weight is 269 g/mol. The van der Waals surface area contributed by atoms with Gasteiger partial charge in [-0.25, -0.2) is 4.98 Å². The molecule has 0 saturated carbocycles. The van der Waals surface area contributed by atoms with Crippen LogP contribution in [0.5, 0.6) is 0 Å². The molecule has 1 unspecified atom stereocenters. The summed E-state index contributed by atoms with van der Waals surface area (Å²) in [5.74, 6) is 0.667. The van der Waals surface area contributed by atoms with Crippen molar-refractivity contribution in [2.24, 2.45) is 0 Å². The molecule has 0 amide bonds. The molecule has 0 saturated heterocycles. The predicted octanol–water partition coefficient (Wildman–Crippen LogP) is 1.24. The lowest BCUT2D eigenvalue weighted by Crippen LogP contribution is -2.19. The minimum atomic E-state index is 0.0575. The molecule has 102 valence electrons. The van der Waals surface area contributed by atoms with Gasteiger partial charge < -0.3 is 9.88 Å². The van der Waals surface area contributed by atoms with Crippen molar-refractivity contribution in [3.63, 3.8) is 0 Å². The number of hydrogen-bond acceptors (Lipinski definition) is 5. The first-order valence-corrected chi connectivity index (χ1v) is 6.37. The Bertz CT molecular complexity index is 628. The zero-order valence-corrected chi connectivity index (χ0v) is 11.1. The summed E-state index contributed by atoms with van der Waals surface area (Å²) < 4.78 is 1.97. The van der Waals surface area contributed by atoms with Crippen LogP contribution < -0.4 is 5.32 Å². The molecule has 3 rings (SSSR count). The highest BCUT2D eigenvalue weighted by Gasteiger charge is 2.09. The Morgan fingerprint density at radius 1 is 1.30 bits per heavy atom. The van der Waals surface area contributed by atoms with Gasteiger partial charge in [0, 0.05) is 24.6 Å². The van der Waals surface area contributed by atoms with Crippen molar-refractivity contribution in [2.45, 2.75) is 19.5 Å². The Balaban J connectivity index is 1.61. The Morgan fingerprint density at radius 2 is 2.15 bits per heavy atom. The van der Waals surface area contributed by atoms with E-state index < -0.39 is 0 Å². The number of aromatic nitrogens is 6. The van der Waals surface area contributed by atoms with Gasteiger partial charge in [0.1, 0.15) is 0 Å². The van der Waals surface area contributed by atoms with E-state index in [2.05, 4.69) is 55.2 Å². The molecule has 20 heavy (non-hydrogen) atoms. The summed E-state index contributed by atoms with van der Waals surface area (Å²) in [5, 5.41) is 17.3. The third-order valence-electron chi connectivity index (χ3n) is 3.10. The molecule has 3 aromatic rings. The van der Waals surface area contributed by atoms with Crippen molar-refractivity contribution in [2.75, 3.05) is 0 Å². The summed E-state index contributed by atoms with van der Waals surface area (Å²) in [6, 6.07) is 8.37. The first-order valence-electron chi connectivity index (χ1n) is 6.37. The van der Waals surface area contributed by atoms with Gasteiger partial charge in [0.2, 0.25) is 0 Å². The zero-order chi connectivity index (χ0) is 13.8. The number of imidazole rings is 1. The van der Waals surface area contributed by atoms with Gasteiger partial charge in [-0.3, -0.25) is 0 Å². The molecule has 0 aliphatic heterocycles. The van der Waals surface area contributed by atoms with Crippen molar-refractivity contribution >= 4 is 0 Å². The highest BCUT2D eigenvalue weighted by Crippen LogP contribution is 2.11. The molecule has 1 aromatic carbocycles. The summed E-state index contributed by atoms with van der Waals surface area (Å²) in [6.45, 7) is 2.75. The maximum absolute atomic E-state index is 4.04. The van der Waals surface area contributed by atoms with Crippen LogP contribution in [0.3, 0.4) is 0 Å². The van der Waals surface area contributed by atoms with Gasteiger partial charge in [0.15, 0.2) is 5.82 Å². The molecular weight excluding hydrogens is 254 g/mol. The van der Waals surface area contributed by atoms with E-state index in [-0.39, 0.29) is 6.04 Å². The van der Waals surface area contributed by atoms with E-state index >= 15 is 0 Å². The molecule has 1 atom stereocenters. The molecular formula is C13H15N7. The summed E-state index contributed by atoms with van der Waals surface area (Å²) in [7, 11) is 0. The monoisotopic (exact) mass is 269 g/mol. The summed E-state index contributed by atoms with van der Waals surface area (Å²) in [4.78, 5) is 4.04. The third kappa shape index (κ3) is 2.72. The second-order valence-corrected chi connectivity index (χ2v) is 4.51. The standard InChI is InChI=1S/C13H15N7/c1-10(13-16-18-19-17-13)15-8-11-2-4-12(5-3-11)20-7-6-14-9-20/h2-7,9-10,15H,8H2,1H3,(H,16,17,18,19). The van der Waals surface area contributed by atoms with Gasteiger partial charge in [-0.05, 0) is 24.6 Å². The van der Waals surface area contributed by atoms with Crippen LogP contribution >= 0.6 is 0 Å². The van der Waals surface area contributed by atoms with Crippen LogP contribution in [0.1, 0.15) is 24.4 Å². The topological polar surface area (TPSA) is 84.3 Å². The minimum Gasteiger partial charge on any atom is -0.306 e. The zero-order valence-electron chi connectivity index (χ0n) is 11.1. The SMILES string of the molecule is CC(NCc1ccc(-n2ccnc2)cc1)c1nn[nH]n1. The second kappa shape index (κ2) is 5.62. The summed E-state index contributed by atoms with van der Waals surface area (Å²) >= 11 is 0. The first kappa shape index (κ1) is 12.5. The number of nitrogens with one attached hydrogen (secondary N) is 2. The van der Waals surface area contributed by atoms with E-state index in [0.29, 0.717) is 5.82 Å². The van der Waals surface area contributed by atoms with Crippen molar-refractivity contribution in [1.29, 1.82) is 0 Å². The van der Waals surface area contributed by atoms with Gasteiger partial charge in [0.05, 0.1) is 12.4 Å². The number of H-pyrrole nitrogens is 1. The molecule has 0 spiro atoms. The van der Waals surface area contributed by atoms with Crippen molar-refractivity contribution in [1.82, 2.24) is 35.5 Å². The van der Waals surface area contributed by atoms with E-state index in [1.165, 1.54) is 5.56 Å². The maximum atomic E-state index is 4.04. The minimum absolute atomic E-state index is 0.0575. The number of tetrazole rings is 1. The molecule has 7 heteroatoms. The predicted molar refractivity (Wildman–Crippen MR) is 73.0 cm³/mol. The van der Waals surface area contributed by atoms with E-state index in [4.69, 9.17) is 0 Å². The molecule has 0 bridgehead atoms. The van der Waals surface area contributed by atoms with Crippen molar-refractivity contribution in [3.05, 3.63) is 54.4 Å². The van der Waals surface area contributed by atoms with Gasteiger partial charge >= 0.3 is 0 Å². The molecule has 0 aliphatic rings. The lowest BCUT2D eigenvalue weighted by molar-refractivity contribution is 0.547. The Labute approximate surface area is 116 Å². The second-order valence-electron chi connectivity index (χ2n) is 4.51. The molecule has 2 aromatic heterocycles. The van der Waals surface area contributed by atoms with Crippen molar-refractivity contribution in [3.8, 4) is 5.69 Å². The highest BCUT2D eigenvalue weighted by molar-refractivity contribution is 5.34. The van der Waals surface area contributed by atoms with Crippen LogP contribution in [0.2, 0.25) is 0 Å². The molecule has 2 N–H and O–H groups in total. The fourth-order valence-corrected chi connectivity index (χ4v) is 1.91. The number of hydrogen-bond donors (Lipinski definition) is 2. The van der Waals surface area contributed by atoms with E-state index in [1.807, 2.05) is 17.7 Å². The summed E-state index contributed by atoms with van der Waals surface area (Å²) in [6.07, 6.45) is 5.47. The fraction of sp³-hybridized carbons (Fsp3) is 0.231. The largest absolute Gasteiger partial charge is 0.306 e. The number of benzene rings is 1. The average Bonchev–Trinajstić information content (AvgIpc) is 3.18. The van der Waals surface area contributed by atoms with Gasteiger partial charge in [-0.1, -0.05) is 17.3 Å². The number of nitrogens with zero attached hydrogens (tertiary/aromatic N) is 5. The van der Waals surface area contributed by atoms with Gasteiger partial charge in [-0.2, -0.15) is 5.21 Å². The smallest absolute Gasteiger partial charge is 0.191 e. The van der Waals surface area contributed by atoms with Crippen LogP contribution in [-0.2, 0) is 6.54 Å². The van der Waals surface area contributed by atoms with Crippen LogP contribution in [0.25, 0.3) is 5.69 Å². The lowest BCUT2D eigenvalue weighted by Gasteiger charge is -2.10. The third-order valence-corrected chi connectivity index (χ3v) is 3.10. The first-order chi connectivity index (χ1) is 9.83. The normalized spacial score (nSPS) is 12.4. The van der Waals surface area contributed by atoms with Gasteiger partial charge in [-0.15, -0.1) is 10.2 Å². The fourth-order valence-electron chi connectivity index (χ4n) is 1.91. The molecule has 0 fully saturated rings.